The van der Waals surface area contributed by atoms with Crippen LogP contribution >= 0.6 is 0 Å². The molecular weight excluding hydrogens is 531 g/mol. The second-order valence-corrected chi connectivity index (χ2v) is 9.12. The Bertz CT molecular complexity index is 1470. The van der Waals surface area contributed by atoms with Gasteiger partial charge in [0.1, 0.15) is 40.5 Å². The van der Waals surface area contributed by atoms with Crippen molar-refractivity contribution in [1.29, 1.82) is 0 Å². The molecule has 0 fully saturated rings. The fourth-order valence-corrected chi connectivity index (χ4v) is 4.46. The molecule has 0 atom stereocenters. The molecule has 204 valence electrons. The number of benzene rings is 4. The second-order valence-electron chi connectivity index (χ2n) is 9.12. The first kappa shape index (κ1) is 28.3. The lowest BCUT2D eigenvalue weighted by molar-refractivity contribution is -0.142. The minimum absolute atomic E-state index is 0.178. The zero-order valence-electron chi connectivity index (χ0n) is 20.5. The van der Waals surface area contributed by atoms with Crippen molar-refractivity contribution in [2.24, 2.45) is 0 Å². The van der Waals surface area contributed by atoms with Gasteiger partial charge in [0.15, 0.2) is 0 Å². The van der Waals surface area contributed by atoms with Gasteiger partial charge < -0.3 is 0 Å². The highest BCUT2D eigenvalue weighted by Gasteiger charge is 2.38. The average molecular weight is 552 g/mol. The van der Waals surface area contributed by atoms with Gasteiger partial charge in [0.25, 0.3) is 0 Å². The summed E-state index contributed by atoms with van der Waals surface area (Å²) in [5.74, 6) is -7.93. The summed E-state index contributed by atoms with van der Waals surface area (Å²) in [4.78, 5) is 0. The zero-order chi connectivity index (χ0) is 28.5. The number of hydrogen-bond donors (Lipinski definition) is 0. The van der Waals surface area contributed by atoms with Crippen molar-refractivity contribution >= 4 is 0 Å². The molecule has 0 saturated carbocycles. The lowest BCUT2D eigenvalue weighted by Gasteiger charge is -2.13. The van der Waals surface area contributed by atoms with Gasteiger partial charge >= 0.3 is 6.18 Å². The van der Waals surface area contributed by atoms with Crippen molar-refractivity contribution in [2.45, 2.75) is 38.8 Å². The molecule has 0 aromatic heterocycles. The number of alkyl halides is 3. The Labute approximate surface area is 218 Å². The van der Waals surface area contributed by atoms with Crippen LogP contribution < -0.4 is 0 Å². The quantitative estimate of drug-likeness (QED) is 0.200. The molecule has 0 amide bonds. The van der Waals surface area contributed by atoms with Gasteiger partial charge in [0.05, 0.1) is 5.56 Å². The maximum atomic E-state index is 14.9. The third-order valence-corrected chi connectivity index (χ3v) is 6.34. The van der Waals surface area contributed by atoms with Crippen LogP contribution in [0.4, 0.5) is 39.5 Å². The Hall–Kier alpha value is -3.75. The highest BCUT2D eigenvalue weighted by atomic mass is 19.4. The van der Waals surface area contributed by atoms with Crippen LogP contribution in [0, 0.1) is 34.9 Å². The van der Waals surface area contributed by atoms with E-state index in [1.165, 1.54) is 18.2 Å². The summed E-state index contributed by atoms with van der Waals surface area (Å²) in [6.07, 6.45) is -3.11. The van der Waals surface area contributed by atoms with E-state index >= 15 is 0 Å². The minimum atomic E-state index is -5.34. The molecule has 0 unspecified atom stereocenters. The summed E-state index contributed by atoms with van der Waals surface area (Å²) in [6, 6.07) is 10.8. The third-order valence-electron chi connectivity index (χ3n) is 6.34. The van der Waals surface area contributed by atoms with Gasteiger partial charge in [-0.25, -0.2) is 26.3 Å². The normalized spacial score (nSPS) is 11.7. The van der Waals surface area contributed by atoms with E-state index in [1.54, 1.807) is 6.07 Å². The largest absolute Gasteiger partial charge is 0.422 e. The maximum Gasteiger partial charge on any atom is 0.422 e. The highest BCUT2D eigenvalue weighted by Crippen LogP contribution is 2.38. The topological polar surface area (TPSA) is 0 Å². The van der Waals surface area contributed by atoms with Crippen LogP contribution in [-0.4, -0.2) is 0 Å². The van der Waals surface area contributed by atoms with Crippen LogP contribution in [0.3, 0.4) is 0 Å². The molecule has 0 radical (unpaired) electrons. The first-order valence-corrected chi connectivity index (χ1v) is 12.0. The molecule has 0 N–H and O–H groups in total. The molecule has 0 bridgehead atoms. The summed E-state index contributed by atoms with van der Waals surface area (Å²) in [5.41, 5.74) is -2.47. The molecule has 0 aliphatic heterocycles. The number of rotatable bonds is 7. The Kier molecular flexibility index (Phi) is 8.09. The fraction of sp³-hybridized carbons (Fsp3) is 0.200. The standard InChI is InChI=1S/C30H21F9/c1-2-3-16-4-7-18(22(31)10-16)8-5-17-6-9-21(23(32)11-17)19-12-24(33)28(25(34)13-19)20-14-26(35)29(27(36)15-20)30(37,38)39/h4,6-7,9-15H,2-3,5,8H2,1H3. The van der Waals surface area contributed by atoms with Crippen LogP contribution in [0.5, 0.6) is 0 Å². The van der Waals surface area contributed by atoms with Gasteiger partial charge in [-0.1, -0.05) is 37.6 Å². The van der Waals surface area contributed by atoms with Gasteiger partial charge in [-0.2, -0.15) is 13.2 Å². The molecule has 4 rings (SSSR count). The summed E-state index contributed by atoms with van der Waals surface area (Å²) in [5, 5.41) is 0. The Morgan fingerprint density at radius 3 is 1.62 bits per heavy atom. The number of halogens is 9. The van der Waals surface area contributed by atoms with Crippen molar-refractivity contribution < 1.29 is 39.5 Å². The van der Waals surface area contributed by atoms with E-state index in [2.05, 4.69) is 0 Å². The van der Waals surface area contributed by atoms with Crippen LogP contribution in [-0.2, 0) is 25.4 Å². The molecule has 39 heavy (non-hydrogen) atoms. The van der Waals surface area contributed by atoms with E-state index < -0.39 is 52.0 Å². The number of aryl methyl sites for hydroxylation is 3. The number of hydrogen-bond acceptors (Lipinski definition) is 0. The minimum Gasteiger partial charge on any atom is -0.207 e. The summed E-state index contributed by atoms with van der Waals surface area (Å²) in [6.45, 7) is 1.99. The van der Waals surface area contributed by atoms with Crippen LogP contribution in [0.2, 0.25) is 0 Å². The van der Waals surface area contributed by atoms with Crippen LogP contribution in [0.25, 0.3) is 22.3 Å². The first-order chi connectivity index (χ1) is 18.4. The van der Waals surface area contributed by atoms with Crippen molar-refractivity contribution in [3.8, 4) is 22.3 Å². The Morgan fingerprint density at radius 1 is 0.538 bits per heavy atom. The monoisotopic (exact) mass is 552 g/mol. The van der Waals surface area contributed by atoms with Gasteiger partial charge in [-0.15, -0.1) is 0 Å². The molecule has 0 nitrogen and oxygen atoms in total. The van der Waals surface area contributed by atoms with Crippen molar-refractivity contribution in [2.75, 3.05) is 0 Å². The molecule has 0 saturated heterocycles. The lowest BCUT2D eigenvalue weighted by atomic mass is 9.96. The summed E-state index contributed by atoms with van der Waals surface area (Å²) in [7, 11) is 0. The predicted octanol–water partition coefficient (Wildman–Crippen LogP) is 9.61. The van der Waals surface area contributed by atoms with E-state index in [1.807, 2.05) is 13.0 Å². The van der Waals surface area contributed by atoms with Crippen LogP contribution in [0.15, 0.2) is 60.7 Å². The smallest absolute Gasteiger partial charge is 0.207 e. The Morgan fingerprint density at radius 2 is 1.08 bits per heavy atom. The fourth-order valence-electron chi connectivity index (χ4n) is 4.46. The molecule has 0 spiro atoms. The van der Waals surface area contributed by atoms with Gasteiger partial charge in [0.2, 0.25) is 0 Å². The Balaban J connectivity index is 1.58. The molecule has 4 aromatic carbocycles. The predicted molar refractivity (Wildman–Crippen MR) is 130 cm³/mol. The van der Waals surface area contributed by atoms with Gasteiger partial charge in [-0.3, -0.25) is 0 Å². The highest BCUT2D eigenvalue weighted by molar-refractivity contribution is 5.72. The van der Waals surface area contributed by atoms with Gasteiger partial charge in [0, 0.05) is 5.56 Å². The molecule has 4 aromatic rings. The molecule has 9 heteroatoms. The van der Waals surface area contributed by atoms with Crippen molar-refractivity contribution in [3.63, 3.8) is 0 Å². The first-order valence-electron chi connectivity index (χ1n) is 12.0. The lowest BCUT2D eigenvalue weighted by Crippen LogP contribution is -2.11. The molecule has 0 aliphatic rings. The van der Waals surface area contributed by atoms with Crippen molar-refractivity contribution in [1.82, 2.24) is 0 Å². The van der Waals surface area contributed by atoms with Crippen LogP contribution in [0.1, 0.15) is 35.6 Å². The van der Waals surface area contributed by atoms with E-state index in [0.29, 0.717) is 24.0 Å². The zero-order valence-corrected chi connectivity index (χ0v) is 20.5. The van der Waals surface area contributed by atoms with E-state index in [0.717, 1.165) is 36.6 Å². The van der Waals surface area contributed by atoms with E-state index in [9.17, 15) is 39.5 Å². The summed E-state index contributed by atoms with van der Waals surface area (Å²) < 4.78 is 125. The third kappa shape index (κ3) is 6.13. The van der Waals surface area contributed by atoms with E-state index in [-0.39, 0.29) is 29.1 Å². The van der Waals surface area contributed by atoms with Crippen molar-refractivity contribution in [3.05, 3.63) is 118 Å². The molecule has 0 heterocycles. The second kappa shape index (κ2) is 11.2. The average Bonchev–Trinajstić information content (AvgIpc) is 2.82. The SMILES string of the molecule is CCCc1ccc(CCc2ccc(-c3cc(F)c(-c4cc(F)c(C(F)(F)F)c(F)c4)c(F)c3)c(F)c2)c(F)c1. The molecular formula is C30H21F9. The van der Waals surface area contributed by atoms with E-state index in [4.69, 9.17) is 0 Å². The van der Waals surface area contributed by atoms with Gasteiger partial charge in [-0.05, 0) is 83.5 Å². The molecule has 0 aliphatic carbocycles. The maximum absolute atomic E-state index is 14.9. The summed E-state index contributed by atoms with van der Waals surface area (Å²) >= 11 is 0.